The summed E-state index contributed by atoms with van der Waals surface area (Å²) in [5.41, 5.74) is 17.3. The minimum Gasteiger partial charge on any atom is -0.306 e. The van der Waals surface area contributed by atoms with Gasteiger partial charge in [-0.3, -0.25) is 9.97 Å². The van der Waals surface area contributed by atoms with E-state index in [-0.39, 0.29) is 0 Å². The SMILES string of the molecule is c1ccc2c(c1)c1ccccc1n2-c1c(-c2ccncc2)c(-n2c3ccccc3c3ccccc32)c(-n2c3ccccc3c3ccccc32)c(-c2ccncc2)c1-n1c2ccccc2c2ccccc21. The van der Waals surface area contributed by atoms with Gasteiger partial charge in [-0.1, -0.05) is 146 Å². The number of nitrogens with zero attached hydrogens (tertiary/aromatic N) is 6. The number of para-hydroxylation sites is 8. The van der Waals surface area contributed by atoms with Crippen LogP contribution in [0.2, 0.25) is 0 Å². The predicted molar refractivity (Wildman–Crippen MR) is 290 cm³/mol. The Bertz CT molecular complexity index is 3830. The lowest BCUT2D eigenvalue weighted by atomic mass is 9.90. The van der Waals surface area contributed by atoms with Crippen LogP contribution >= 0.6 is 0 Å². The Hall–Kier alpha value is -9.52. The Balaban J connectivity index is 1.35. The van der Waals surface area contributed by atoms with Gasteiger partial charge in [0.2, 0.25) is 0 Å². The minimum absolute atomic E-state index is 1.04. The molecule has 0 saturated heterocycles. The molecule has 0 N–H and O–H groups in total. The monoisotopic (exact) mass is 892 g/mol. The summed E-state index contributed by atoms with van der Waals surface area (Å²) < 4.78 is 10.2. The first kappa shape index (κ1) is 38.6. The summed E-state index contributed by atoms with van der Waals surface area (Å²) in [5.74, 6) is 0. The zero-order valence-electron chi connectivity index (χ0n) is 37.8. The lowest BCUT2D eigenvalue weighted by Crippen LogP contribution is -2.16. The zero-order chi connectivity index (χ0) is 45.9. The van der Waals surface area contributed by atoms with E-state index in [0.717, 1.165) is 89.1 Å². The second kappa shape index (κ2) is 15.0. The number of hydrogen-bond acceptors (Lipinski definition) is 2. The van der Waals surface area contributed by atoms with E-state index >= 15 is 0 Å². The van der Waals surface area contributed by atoms with Gasteiger partial charge in [-0.15, -0.1) is 0 Å². The average Bonchev–Trinajstić information content (AvgIpc) is 4.16. The second-order valence-electron chi connectivity index (χ2n) is 18.1. The molecule has 0 aliphatic heterocycles. The molecule has 9 aromatic carbocycles. The molecule has 0 amide bonds. The van der Waals surface area contributed by atoms with Gasteiger partial charge >= 0.3 is 0 Å². The van der Waals surface area contributed by atoms with Gasteiger partial charge < -0.3 is 18.3 Å². The highest BCUT2D eigenvalue weighted by atomic mass is 15.1. The van der Waals surface area contributed by atoms with E-state index in [1.165, 1.54) is 43.1 Å². The second-order valence-corrected chi connectivity index (χ2v) is 18.1. The Morgan fingerprint density at radius 3 is 0.557 bits per heavy atom. The molecule has 326 valence electrons. The molecule has 15 aromatic rings. The number of benzene rings is 9. The van der Waals surface area contributed by atoms with Crippen molar-refractivity contribution in [1.82, 2.24) is 28.2 Å². The molecule has 6 nitrogen and oxygen atoms in total. The molecule has 0 atom stereocenters. The Kier molecular flexibility index (Phi) is 8.26. The van der Waals surface area contributed by atoms with Gasteiger partial charge in [-0.05, 0) is 83.9 Å². The molecule has 6 aromatic heterocycles. The van der Waals surface area contributed by atoms with Crippen LogP contribution in [0.3, 0.4) is 0 Å². The van der Waals surface area contributed by atoms with Crippen LogP contribution in [0.1, 0.15) is 0 Å². The summed E-state index contributed by atoms with van der Waals surface area (Å²) >= 11 is 0. The molecule has 0 unspecified atom stereocenters. The fourth-order valence-corrected chi connectivity index (χ4v) is 11.8. The quantitative estimate of drug-likeness (QED) is 0.167. The maximum absolute atomic E-state index is 4.70. The topological polar surface area (TPSA) is 45.5 Å². The predicted octanol–water partition coefficient (Wildman–Crippen LogP) is 16.2. The van der Waals surface area contributed by atoms with Crippen molar-refractivity contribution < 1.29 is 0 Å². The first-order valence-corrected chi connectivity index (χ1v) is 23.8. The van der Waals surface area contributed by atoms with Crippen molar-refractivity contribution in [3.05, 3.63) is 243 Å². The van der Waals surface area contributed by atoms with Crippen molar-refractivity contribution in [1.29, 1.82) is 0 Å². The van der Waals surface area contributed by atoms with Crippen LogP contribution in [0, 0.1) is 0 Å². The van der Waals surface area contributed by atoms with Gasteiger partial charge in [0.05, 0.1) is 66.9 Å². The lowest BCUT2D eigenvalue weighted by molar-refractivity contribution is 1.05. The van der Waals surface area contributed by atoms with E-state index in [1.807, 2.05) is 24.8 Å². The van der Waals surface area contributed by atoms with Crippen molar-refractivity contribution in [2.75, 3.05) is 0 Å². The molecule has 0 aliphatic carbocycles. The van der Waals surface area contributed by atoms with Gasteiger partial charge in [0.15, 0.2) is 0 Å². The highest BCUT2D eigenvalue weighted by Crippen LogP contribution is 2.54. The molecular weight excluding hydrogens is 853 g/mol. The maximum Gasteiger partial charge on any atom is 0.0811 e. The van der Waals surface area contributed by atoms with Crippen molar-refractivity contribution >= 4 is 87.2 Å². The summed E-state index contributed by atoms with van der Waals surface area (Å²) in [5, 5.41) is 9.46. The largest absolute Gasteiger partial charge is 0.306 e. The smallest absolute Gasteiger partial charge is 0.0811 e. The number of rotatable bonds is 6. The van der Waals surface area contributed by atoms with Crippen LogP contribution in [0.15, 0.2) is 243 Å². The van der Waals surface area contributed by atoms with Crippen molar-refractivity contribution in [3.63, 3.8) is 0 Å². The lowest BCUT2D eigenvalue weighted by Gasteiger charge is -2.31. The Morgan fingerprint density at radius 1 is 0.200 bits per heavy atom. The summed E-state index contributed by atoms with van der Waals surface area (Å²) in [6.45, 7) is 0. The maximum atomic E-state index is 4.70. The molecule has 0 saturated carbocycles. The van der Waals surface area contributed by atoms with Crippen molar-refractivity contribution in [2.24, 2.45) is 0 Å². The number of pyridine rings is 2. The van der Waals surface area contributed by atoms with Gasteiger partial charge in [-0.2, -0.15) is 0 Å². The fourth-order valence-electron chi connectivity index (χ4n) is 11.8. The van der Waals surface area contributed by atoms with Crippen LogP contribution < -0.4 is 0 Å². The molecular formula is C64H40N6. The first-order valence-electron chi connectivity index (χ1n) is 23.8. The van der Waals surface area contributed by atoms with Crippen LogP contribution in [-0.4, -0.2) is 28.2 Å². The third-order valence-corrected chi connectivity index (χ3v) is 14.5. The van der Waals surface area contributed by atoms with E-state index in [1.54, 1.807) is 0 Å². The molecule has 70 heavy (non-hydrogen) atoms. The van der Waals surface area contributed by atoms with Gasteiger partial charge in [0, 0.05) is 79.0 Å². The summed E-state index contributed by atoms with van der Waals surface area (Å²) in [6.07, 6.45) is 7.77. The average molecular weight is 893 g/mol. The van der Waals surface area contributed by atoms with E-state index in [0.29, 0.717) is 0 Å². The highest BCUT2D eigenvalue weighted by molar-refractivity contribution is 6.18. The molecule has 6 heteroatoms. The summed E-state index contributed by atoms with van der Waals surface area (Å²) in [4.78, 5) is 9.40. The standard InChI is InChI=1S/C64H40N6/c1-9-25-51-43(17-1)44-18-2-10-26-52(44)67(51)61-59(41-33-37-65-38-34-41)63(69-55-29-13-5-21-47(55)48-22-6-14-30-56(48)69)64(70-57-31-15-7-23-49(57)50-24-8-16-32-58(50)70)60(42-35-39-66-40-36-42)62(61)68-53-27-11-3-19-45(53)46-20-4-12-28-54(46)68/h1-40H. The van der Waals surface area contributed by atoms with Crippen LogP contribution in [0.5, 0.6) is 0 Å². The Morgan fingerprint density at radius 2 is 0.371 bits per heavy atom. The van der Waals surface area contributed by atoms with E-state index in [2.05, 4.69) is 237 Å². The van der Waals surface area contributed by atoms with Crippen LogP contribution in [0.4, 0.5) is 0 Å². The molecule has 0 bridgehead atoms. The van der Waals surface area contributed by atoms with E-state index in [9.17, 15) is 0 Å². The third kappa shape index (κ3) is 5.33. The molecule has 6 heterocycles. The van der Waals surface area contributed by atoms with Gasteiger partial charge in [0.25, 0.3) is 0 Å². The summed E-state index contributed by atoms with van der Waals surface area (Å²) in [6, 6.07) is 79.9. The first-order chi connectivity index (χ1) is 34.8. The molecule has 0 fully saturated rings. The van der Waals surface area contributed by atoms with Gasteiger partial charge in [-0.25, -0.2) is 0 Å². The van der Waals surface area contributed by atoms with Crippen molar-refractivity contribution in [3.8, 4) is 45.0 Å². The fraction of sp³-hybridized carbons (Fsp3) is 0. The van der Waals surface area contributed by atoms with Crippen LogP contribution in [-0.2, 0) is 0 Å². The molecule has 0 spiro atoms. The molecule has 0 aliphatic rings. The normalized spacial score (nSPS) is 12.0. The number of aromatic nitrogens is 6. The summed E-state index contributed by atoms with van der Waals surface area (Å²) in [7, 11) is 0. The van der Waals surface area contributed by atoms with E-state index in [4.69, 9.17) is 9.97 Å². The Labute approximate surface area is 401 Å². The molecule has 15 rings (SSSR count). The number of fused-ring (bicyclic) bond motifs is 12. The molecule has 0 radical (unpaired) electrons. The van der Waals surface area contributed by atoms with Crippen molar-refractivity contribution in [2.45, 2.75) is 0 Å². The van der Waals surface area contributed by atoms with Gasteiger partial charge in [0.1, 0.15) is 0 Å². The van der Waals surface area contributed by atoms with Crippen LogP contribution in [0.25, 0.3) is 132 Å². The number of hydrogen-bond donors (Lipinski definition) is 0. The zero-order valence-corrected chi connectivity index (χ0v) is 37.8. The van der Waals surface area contributed by atoms with E-state index < -0.39 is 0 Å². The highest BCUT2D eigenvalue weighted by Gasteiger charge is 2.35. The third-order valence-electron chi connectivity index (χ3n) is 14.5. The minimum atomic E-state index is 1.04.